The van der Waals surface area contributed by atoms with Gasteiger partial charge in [0, 0.05) is 50.6 Å². The molecule has 0 aliphatic carbocycles. The van der Waals surface area contributed by atoms with Crippen molar-refractivity contribution < 1.29 is 4.79 Å². The van der Waals surface area contributed by atoms with Crippen LogP contribution in [0.25, 0.3) is 0 Å². The fourth-order valence-corrected chi connectivity index (χ4v) is 2.83. The number of rotatable bonds is 3. The fourth-order valence-electron chi connectivity index (χ4n) is 2.71. The van der Waals surface area contributed by atoms with Gasteiger partial charge in [-0.3, -0.25) is 4.79 Å². The lowest BCUT2D eigenvalue weighted by atomic mass is 10.1. The van der Waals surface area contributed by atoms with Gasteiger partial charge in [-0.15, -0.1) is 0 Å². The van der Waals surface area contributed by atoms with Gasteiger partial charge in [-0.2, -0.15) is 0 Å². The third-order valence-corrected chi connectivity index (χ3v) is 4.23. The number of hydrogen-bond donors (Lipinski definition) is 0. The number of piperazine rings is 1. The number of carbonyl (C=O) groups is 1. The van der Waals surface area contributed by atoms with Gasteiger partial charge >= 0.3 is 0 Å². The normalized spacial score (nSPS) is 15.2. The van der Waals surface area contributed by atoms with E-state index < -0.39 is 0 Å². The molecule has 0 atom stereocenters. The maximum Gasteiger partial charge on any atom is 0.227 e. The Morgan fingerprint density at radius 2 is 1.86 bits per heavy atom. The quantitative estimate of drug-likeness (QED) is 0.869. The van der Waals surface area contributed by atoms with Crippen molar-refractivity contribution in [3.63, 3.8) is 0 Å². The summed E-state index contributed by atoms with van der Waals surface area (Å²) in [6.45, 7) is 3.10. The molecule has 1 aliphatic heterocycles. The smallest absolute Gasteiger partial charge is 0.227 e. The number of aromatic nitrogens is 2. The van der Waals surface area contributed by atoms with Crippen LogP contribution >= 0.6 is 11.6 Å². The second-order valence-corrected chi connectivity index (χ2v) is 5.95. The highest BCUT2D eigenvalue weighted by molar-refractivity contribution is 6.30. The number of amides is 1. The third-order valence-electron chi connectivity index (χ3n) is 3.98. The van der Waals surface area contributed by atoms with E-state index in [1.165, 1.54) is 0 Å². The van der Waals surface area contributed by atoms with E-state index in [1.54, 1.807) is 6.20 Å². The van der Waals surface area contributed by atoms with Gasteiger partial charge in [-0.1, -0.05) is 23.7 Å². The molecule has 1 amide bonds. The molecule has 116 valence electrons. The average molecular weight is 319 g/mol. The lowest BCUT2D eigenvalue weighted by molar-refractivity contribution is -0.130. The number of halogens is 1. The molecule has 0 N–H and O–H groups in total. The van der Waals surface area contributed by atoms with Crippen molar-refractivity contribution in [2.45, 2.75) is 6.42 Å². The van der Waals surface area contributed by atoms with E-state index in [9.17, 15) is 4.79 Å². The van der Waals surface area contributed by atoms with E-state index in [2.05, 4.69) is 9.88 Å². The summed E-state index contributed by atoms with van der Waals surface area (Å²) in [4.78, 5) is 20.9. The van der Waals surface area contributed by atoms with Gasteiger partial charge in [0.25, 0.3) is 0 Å². The molecule has 1 fully saturated rings. The largest absolute Gasteiger partial charge is 0.339 e. The highest BCUT2D eigenvalue weighted by atomic mass is 35.5. The van der Waals surface area contributed by atoms with Crippen LogP contribution in [0.2, 0.25) is 5.02 Å². The van der Waals surface area contributed by atoms with Crippen molar-refractivity contribution >= 4 is 23.5 Å². The molecule has 2 aromatic rings. The second-order valence-electron chi connectivity index (χ2n) is 5.51. The molecular weight excluding hydrogens is 300 g/mol. The van der Waals surface area contributed by atoms with Gasteiger partial charge in [-0.05, 0) is 17.7 Å². The van der Waals surface area contributed by atoms with Crippen LogP contribution in [-0.4, -0.2) is 46.5 Å². The van der Waals surface area contributed by atoms with E-state index in [0.29, 0.717) is 11.4 Å². The van der Waals surface area contributed by atoms with Crippen molar-refractivity contribution in [2.75, 3.05) is 31.1 Å². The Kier molecular flexibility index (Phi) is 4.34. The zero-order chi connectivity index (χ0) is 15.5. The van der Waals surface area contributed by atoms with E-state index in [-0.39, 0.29) is 5.91 Å². The van der Waals surface area contributed by atoms with E-state index in [0.717, 1.165) is 37.7 Å². The Hall–Kier alpha value is -2.01. The van der Waals surface area contributed by atoms with Crippen LogP contribution in [0, 0.1) is 0 Å². The molecule has 1 saturated heterocycles. The van der Waals surface area contributed by atoms with Crippen molar-refractivity contribution in [3.8, 4) is 0 Å². The topological polar surface area (TPSA) is 41.4 Å². The van der Waals surface area contributed by atoms with Crippen molar-refractivity contribution in [3.05, 3.63) is 47.2 Å². The summed E-state index contributed by atoms with van der Waals surface area (Å²) in [6.07, 6.45) is 4.17. The summed E-state index contributed by atoms with van der Waals surface area (Å²) in [5.74, 6) is 1.13. The standard InChI is InChI=1S/C16H19ClN4O/c1-19-7-6-18-16(19)21-10-8-20(9-11-21)15(22)12-13-2-4-14(17)5-3-13/h2-7H,8-12H2,1H3. The average Bonchev–Trinajstić information content (AvgIpc) is 2.96. The predicted octanol–water partition coefficient (Wildman–Crippen LogP) is 1.96. The Labute approximate surface area is 135 Å². The van der Waals surface area contributed by atoms with Gasteiger partial charge in [0.1, 0.15) is 0 Å². The first-order valence-corrected chi connectivity index (χ1v) is 7.76. The fraction of sp³-hybridized carbons (Fsp3) is 0.375. The predicted molar refractivity (Wildman–Crippen MR) is 87.2 cm³/mol. The minimum atomic E-state index is 0.168. The first kappa shape index (κ1) is 14.9. The van der Waals surface area contributed by atoms with E-state index >= 15 is 0 Å². The maximum absolute atomic E-state index is 12.4. The molecule has 1 aromatic heterocycles. The second kappa shape index (κ2) is 6.40. The zero-order valence-corrected chi connectivity index (χ0v) is 13.3. The zero-order valence-electron chi connectivity index (χ0n) is 12.6. The van der Waals surface area contributed by atoms with E-state index in [4.69, 9.17) is 11.6 Å². The minimum absolute atomic E-state index is 0.168. The minimum Gasteiger partial charge on any atom is -0.339 e. The van der Waals surface area contributed by atoms with Crippen LogP contribution < -0.4 is 4.90 Å². The summed E-state index contributed by atoms with van der Waals surface area (Å²) in [5.41, 5.74) is 1.00. The van der Waals surface area contributed by atoms with Gasteiger partial charge in [-0.25, -0.2) is 4.98 Å². The lowest BCUT2D eigenvalue weighted by Crippen LogP contribution is -2.49. The molecule has 0 saturated carbocycles. The molecule has 5 nitrogen and oxygen atoms in total. The Bertz CT molecular complexity index is 644. The Balaban J connectivity index is 1.56. The van der Waals surface area contributed by atoms with Crippen LogP contribution in [0.4, 0.5) is 5.95 Å². The van der Waals surface area contributed by atoms with Gasteiger partial charge < -0.3 is 14.4 Å². The summed E-state index contributed by atoms with van der Waals surface area (Å²) in [5, 5.41) is 0.694. The number of benzene rings is 1. The first-order valence-electron chi connectivity index (χ1n) is 7.38. The maximum atomic E-state index is 12.4. The molecule has 1 aliphatic rings. The van der Waals surface area contributed by atoms with Gasteiger partial charge in [0.2, 0.25) is 11.9 Å². The van der Waals surface area contributed by atoms with Crippen LogP contribution in [0.1, 0.15) is 5.56 Å². The molecule has 22 heavy (non-hydrogen) atoms. The summed E-state index contributed by atoms with van der Waals surface area (Å²) in [6, 6.07) is 7.46. The number of anilines is 1. The number of imidazole rings is 1. The highest BCUT2D eigenvalue weighted by Crippen LogP contribution is 2.15. The molecule has 0 radical (unpaired) electrons. The van der Waals surface area contributed by atoms with Crippen molar-refractivity contribution in [1.29, 1.82) is 0 Å². The van der Waals surface area contributed by atoms with Crippen LogP contribution in [-0.2, 0) is 18.3 Å². The number of nitrogens with zero attached hydrogens (tertiary/aromatic N) is 4. The molecule has 3 rings (SSSR count). The van der Waals surface area contributed by atoms with Crippen LogP contribution in [0.5, 0.6) is 0 Å². The Morgan fingerprint density at radius 1 is 1.18 bits per heavy atom. The summed E-state index contributed by atoms with van der Waals surface area (Å²) < 4.78 is 2.01. The first-order chi connectivity index (χ1) is 10.6. The molecule has 0 unspecified atom stereocenters. The molecule has 1 aromatic carbocycles. The lowest BCUT2D eigenvalue weighted by Gasteiger charge is -2.35. The molecule has 6 heteroatoms. The van der Waals surface area contributed by atoms with E-state index in [1.807, 2.05) is 47.0 Å². The van der Waals surface area contributed by atoms with Gasteiger partial charge in [0.05, 0.1) is 6.42 Å². The summed E-state index contributed by atoms with van der Waals surface area (Å²) in [7, 11) is 1.99. The molecule has 0 spiro atoms. The number of aryl methyl sites for hydroxylation is 1. The van der Waals surface area contributed by atoms with Crippen LogP contribution in [0.15, 0.2) is 36.7 Å². The number of hydrogen-bond acceptors (Lipinski definition) is 3. The molecule has 0 bridgehead atoms. The van der Waals surface area contributed by atoms with Gasteiger partial charge in [0.15, 0.2) is 0 Å². The number of carbonyl (C=O) groups excluding carboxylic acids is 1. The van der Waals surface area contributed by atoms with Crippen molar-refractivity contribution in [2.24, 2.45) is 7.05 Å². The molecular formula is C16H19ClN4O. The molecule has 2 heterocycles. The Morgan fingerprint density at radius 3 is 2.45 bits per heavy atom. The van der Waals surface area contributed by atoms with Crippen LogP contribution in [0.3, 0.4) is 0 Å². The third kappa shape index (κ3) is 3.25. The summed E-state index contributed by atoms with van der Waals surface area (Å²) >= 11 is 5.87. The monoisotopic (exact) mass is 318 g/mol. The highest BCUT2D eigenvalue weighted by Gasteiger charge is 2.22. The van der Waals surface area contributed by atoms with Crippen molar-refractivity contribution in [1.82, 2.24) is 14.5 Å². The SMILES string of the molecule is Cn1ccnc1N1CCN(C(=O)Cc2ccc(Cl)cc2)CC1.